The fourth-order valence-corrected chi connectivity index (χ4v) is 2.93. The zero-order chi connectivity index (χ0) is 13.2. The number of aliphatic hydroxyl groups excluding tert-OH is 1. The third-order valence-electron chi connectivity index (χ3n) is 4.30. The molecule has 2 fully saturated rings. The molecule has 1 N–H and O–H groups in total. The molecular formula is C15H20FNO2. The molecule has 0 saturated carbocycles. The van der Waals surface area contributed by atoms with E-state index in [1.54, 1.807) is 0 Å². The largest absolute Gasteiger partial charge is 0.391 e. The molecule has 3 nitrogen and oxygen atoms in total. The van der Waals surface area contributed by atoms with E-state index in [1.165, 1.54) is 12.1 Å². The summed E-state index contributed by atoms with van der Waals surface area (Å²) in [5.74, 6) is 0.0757. The molecule has 4 heteroatoms. The summed E-state index contributed by atoms with van der Waals surface area (Å²) in [6, 6.07) is 7.11. The molecule has 0 aromatic heterocycles. The predicted molar refractivity (Wildman–Crippen MR) is 70.4 cm³/mol. The molecule has 0 radical (unpaired) electrons. The van der Waals surface area contributed by atoms with Crippen molar-refractivity contribution in [3.63, 3.8) is 0 Å². The predicted octanol–water partition coefficient (Wildman–Crippen LogP) is 1.45. The Kier molecular flexibility index (Phi) is 3.82. The number of nitrogens with zero attached hydrogens (tertiary/aromatic N) is 1. The lowest BCUT2D eigenvalue weighted by atomic mass is 9.87. The van der Waals surface area contributed by atoms with E-state index in [0.717, 1.165) is 44.7 Å². The highest BCUT2D eigenvalue weighted by atomic mass is 19.1. The Hall–Kier alpha value is -0.970. The number of halogens is 1. The number of likely N-dealkylation sites (tertiary alicyclic amines) is 1. The lowest BCUT2D eigenvalue weighted by Gasteiger charge is -2.43. The summed E-state index contributed by atoms with van der Waals surface area (Å²) in [7, 11) is 0. The van der Waals surface area contributed by atoms with Crippen molar-refractivity contribution in [3.05, 3.63) is 35.6 Å². The first-order valence-corrected chi connectivity index (χ1v) is 6.96. The first-order chi connectivity index (χ1) is 9.22. The molecule has 0 spiro atoms. The Bertz CT molecular complexity index is 419. The summed E-state index contributed by atoms with van der Waals surface area (Å²) in [6.07, 6.45) is 1.53. The van der Waals surface area contributed by atoms with E-state index < -0.39 is 0 Å². The molecule has 19 heavy (non-hydrogen) atoms. The SMILES string of the molecule is O[C@H]1CN(C2COC2)CC[C@@H]1Cc1ccc(F)cc1. The van der Waals surface area contributed by atoms with Crippen molar-refractivity contribution < 1.29 is 14.2 Å². The molecule has 1 aromatic rings. The van der Waals surface area contributed by atoms with Gasteiger partial charge in [0.2, 0.25) is 0 Å². The van der Waals surface area contributed by atoms with E-state index in [2.05, 4.69) is 4.90 Å². The Balaban J connectivity index is 1.56. The van der Waals surface area contributed by atoms with E-state index in [1.807, 2.05) is 12.1 Å². The van der Waals surface area contributed by atoms with Crippen molar-refractivity contribution in [1.29, 1.82) is 0 Å². The highest BCUT2D eigenvalue weighted by Crippen LogP contribution is 2.25. The van der Waals surface area contributed by atoms with E-state index in [4.69, 9.17) is 4.74 Å². The van der Waals surface area contributed by atoms with E-state index >= 15 is 0 Å². The summed E-state index contributed by atoms with van der Waals surface area (Å²) < 4.78 is 18.1. The van der Waals surface area contributed by atoms with E-state index in [9.17, 15) is 9.50 Å². The maximum atomic E-state index is 12.9. The minimum atomic E-state index is -0.292. The molecule has 3 rings (SSSR count). The Morgan fingerprint density at radius 2 is 2.00 bits per heavy atom. The van der Waals surface area contributed by atoms with Crippen molar-refractivity contribution in [1.82, 2.24) is 4.90 Å². The molecule has 1 aromatic carbocycles. The van der Waals surface area contributed by atoms with Crippen molar-refractivity contribution in [3.8, 4) is 0 Å². The van der Waals surface area contributed by atoms with Gasteiger partial charge in [0.15, 0.2) is 0 Å². The molecule has 0 aliphatic carbocycles. The first kappa shape index (κ1) is 13.0. The quantitative estimate of drug-likeness (QED) is 0.898. The summed E-state index contributed by atoms with van der Waals surface area (Å²) in [4.78, 5) is 2.33. The van der Waals surface area contributed by atoms with Crippen LogP contribution in [-0.4, -0.2) is 48.5 Å². The third-order valence-corrected chi connectivity index (χ3v) is 4.30. The first-order valence-electron chi connectivity index (χ1n) is 6.96. The van der Waals surface area contributed by atoms with Crippen LogP contribution in [0.2, 0.25) is 0 Å². The highest BCUT2D eigenvalue weighted by Gasteiger charge is 2.34. The van der Waals surface area contributed by atoms with Gasteiger partial charge in [-0.1, -0.05) is 12.1 Å². The average Bonchev–Trinajstić information content (AvgIpc) is 2.33. The summed E-state index contributed by atoms with van der Waals surface area (Å²) in [5.41, 5.74) is 1.10. The molecule has 2 heterocycles. The van der Waals surface area contributed by atoms with Gasteiger partial charge in [0, 0.05) is 6.54 Å². The maximum Gasteiger partial charge on any atom is 0.123 e. The van der Waals surface area contributed by atoms with Crippen LogP contribution in [0.3, 0.4) is 0 Å². The smallest absolute Gasteiger partial charge is 0.123 e. The van der Waals surface area contributed by atoms with Crippen molar-refractivity contribution in [2.45, 2.75) is 25.0 Å². The number of hydrogen-bond donors (Lipinski definition) is 1. The average molecular weight is 265 g/mol. The van der Waals surface area contributed by atoms with Gasteiger partial charge < -0.3 is 9.84 Å². The van der Waals surface area contributed by atoms with Crippen LogP contribution >= 0.6 is 0 Å². The maximum absolute atomic E-state index is 12.9. The van der Waals surface area contributed by atoms with Crippen LogP contribution in [0.25, 0.3) is 0 Å². The number of hydrogen-bond acceptors (Lipinski definition) is 3. The van der Waals surface area contributed by atoms with Gasteiger partial charge in [-0.3, -0.25) is 4.90 Å². The van der Waals surface area contributed by atoms with Gasteiger partial charge >= 0.3 is 0 Å². The number of aliphatic hydroxyl groups is 1. The van der Waals surface area contributed by atoms with Gasteiger partial charge in [0.1, 0.15) is 5.82 Å². The number of β-amino-alcohol motifs (C(OH)–C–C–N with tert-alkyl or cyclic N) is 1. The van der Waals surface area contributed by atoms with Gasteiger partial charge in [0.05, 0.1) is 25.4 Å². The normalized spacial score (nSPS) is 29.2. The molecule has 2 aliphatic heterocycles. The van der Waals surface area contributed by atoms with E-state index in [-0.39, 0.29) is 17.8 Å². The second-order valence-corrected chi connectivity index (χ2v) is 5.63. The monoisotopic (exact) mass is 265 g/mol. The lowest BCUT2D eigenvalue weighted by Crippen LogP contribution is -2.55. The summed E-state index contributed by atoms with van der Waals surface area (Å²) in [6.45, 7) is 3.36. The van der Waals surface area contributed by atoms with Crippen LogP contribution < -0.4 is 0 Å². The molecule has 0 amide bonds. The number of ether oxygens (including phenoxy) is 1. The molecule has 104 valence electrons. The highest BCUT2D eigenvalue weighted by molar-refractivity contribution is 5.17. The van der Waals surface area contributed by atoms with Gasteiger partial charge in [-0.25, -0.2) is 4.39 Å². The number of piperidine rings is 1. The fourth-order valence-electron chi connectivity index (χ4n) is 2.93. The van der Waals surface area contributed by atoms with Gasteiger partial charge in [-0.2, -0.15) is 0 Å². The van der Waals surface area contributed by atoms with Crippen LogP contribution in [-0.2, 0) is 11.2 Å². The van der Waals surface area contributed by atoms with Gasteiger partial charge in [-0.15, -0.1) is 0 Å². The minimum absolute atomic E-state index is 0.205. The van der Waals surface area contributed by atoms with Crippen molar-refractivity contribution >= 4 is 0 Å². The van der Waals surface area contributed by atoms with Gasteiger partial charge in [0.25, 0.3) is 0 Å². The minimum Gasteiger partial charge on any atom is -0.391 e. The van der Waals surface area contributed by atoms with E-state index in [0.29, 0.717) is 6.04 Å². The zero-order valence-electron chi connectivity index (χ0n) is 11.0. The molecule has 0 bridgehead atoms. The Morgan fingerprint density at radius 1 is 1.26 bits per heavy atom. The molecule has 2 aliphatic rings. The third kappa shape index (κ3) is 2.96. The summed E-state index contributed by atoms with van der Waals surface area (Å²) in [5, 5.41) is 10.3. The van der Waals surface area contributed by atoms with Crippen LogP contribution in [0.15, 0.2) is 24.3 Å². The number of benzene rings is 1. The second kappa shape index (κ2) is 5.57. The molecular weight excluding hydrogens is 245 g/mol. The summed E-state index contributed by atoms with van der Waals surface area (Å²) >= 11 is 0. The topological polar surface area (TPSA) is 32.7 Å². The zero-order valence-corrected chi connectivity index (χ0v) is 11.0. The van der Waals surface area contributed by atoms with Crippen molar-refractivity contribution in [2.75, 3.05) is 26.3 Å². The second-order valence-electron chi connectivity index (χ2n) is 5.63. The number of rotatable bonds is 3. The van der Waals surface area contributed by atoms with Crippen LogP contribution in [0.1, 0.15) is 12.0 Å². The standard InChI is InChI=1S/C15H20FNO2/c16-13-3-1-11(2-4-13)7-12-5-6-17(8-15(12)18)14-9-19-10-14/h1-4,12,14-15,18H,5-10H2/t12-,15+/m1/s1. The van der Waals surface area contributed by atoms with Gasteiger partial charge in [-0.05, 0) is 43.0 Å². The molecule has 2 saturated heterocycles. The Morgan fingerprint density at radius 3 is 2.58 bits per heavy atom. The van der Waals surface area contributed by atoms with Crippen LogP contribution in [0.5, 0.6) is 0 Å². The molecule has 2 atom stereocenters. The van der Waals surface area contributed by atoms with Crippen molar-refractivity contribution in [2.24, 2.45) is 5.92 Å². The fraction of sp³-hybridized carbons (Fsp3) is 0.600. The van der Waals surface area contributed by atoms with Crippen LogP contribution in [0, 0.1) is 11.7 Å². The lowest BCUT2D eigenvalue weighted by molar-refractivity contribution is -0.0954. The molecule has 0 unspecified atom stereocenters. The van der Waals surface area contributed by atoms with Crippen LogP contribution in [0.4, 0.5) is 4.39 Å². The Labute approximate surface area is 113 Å².